The van der Waals surface area contributed by atoms with Gasteiger partial charge in [-0.1, -0.05) is 5.16 Å². The fourth-order valence-corrected chi connectivity index (χ4v) is 0.979. The van der Waals surface area contributed by atoms with Gasteiger partial charge >= 0.3 is 0 Å². The van der Waals surface area contributed by atoms with Crippen molar-refractivity contribution in [2.24, 2.45) is 0 Å². The van der Waals surface area contributed by atoms with E-state index in [9.17, 15) is 9.59 Å². The average Bonchev–Trinajstić information content (AvgIpc) is 2.59. The van der Waals surface area contributed by atoms with Gasteiger partial charge in [-0.3, -0.25) is 9.59 Å². The molecular weight excluding hydrogens is 198 g/mol. The molecule has 0 unspecified atom stereocenters. The summed E-state index contributed by atoms with van der Waals surface area (Å²) in [5, 5.41) is 8.71. The van der Waals surface area contributed by atoms with Crippen LogP contribution in [0.2, 0.25) is 0 Å². The van der Waals surface area contributed by atoms with E-state index in [0.29, 0.717) is 18.8 Å². The molecule has 6 nitrogen and oxygen atoms in total. The second-order valence-corrected chi connectivity index (χ2v) is 3.06. The molecule has 2 N–H and O–H groups in total. The van der Waals surface area contributed by atoms with E-state index >= 15 is 0 Å². The Hall–Kier alpha value is -1.85. The highest BCUT2D eigenvalue weighted by Gasteiger charge is 2.09. The van der Waals surface area contributed by atoms with E-state index in [2.05, 4.69) is 15.8 Å². The molecule has 6 heteroatoms. The summed E-state index contributed by atoms with van der Waals surface area (Å²) in [6.07, 6.45) is 0. The molecule has 0 saturated carbocycles. The van der Waals surface area contributed by atoms with Crippen LogP contribution in [0.5, 0.6) is 0 Å². The third kappa shape index (κ3) is 3.80. The standard InChI is InChI=1S/C9H13N3O3/c1-6-5-8(12-15-6)9(14)11-4-3-10-7(2)13/h5H,3-4H2,1-2H3,(H,10,13)(H,11,14). The van der Waals surface area contributed by atoms with Crippen molar-refractivity contribution >= 4 is 11.8 Å². The Bertz CT molecular complexity index is 359. The van der Waals surface area contributed by atoms with Gasteiger partial charge in [-0.25, -0.2) is 0 Å². The second kappa shape index (κ2) is 5.14. The molecule has 0 aliphatic heterocycles. The SMILES string of the molecule is CC(=O)NCCNC(=O)c1cc(C)on1. The van der Waals surface area contributed by atoms with Gasteiger partial charge in [0.15, 0.2) is 5.69 Å². The van der Waals surface area contributed by atoms with Crippen molar-refractivity contribution in [1.29, 1.82) is 0 Å². The smallest absolute Gasteiger partial charge is 0.273 e. The third-order valence-electron chi connectivity index (χ3n) is 1.65. The maximum Gasteiger partial charge on any atom is 0.273 e. The van der Waals surface area contributed by atoms with Crippen molar-refractivity contribution in [3.05, 3.63) is 17.5 Å². The number of hydrogen-bond acceptors (Lipinski definition) is 4. The number of nitrogens with zero attached hydrogens (tertiary/aromatic N) is 1. The molecule has 0 radical (unpaired) electrons. The zero-order valence-electron chi connectivity index (χ0n) is 8.66. The Morgan fingerprint density at radius 3 is 2.60 bits per heavy atom. The summed E-state index contributed by atoms with van der Waals surface area (Å²) in [6, 6.07) is 1.55. The van der Waals surface area contributed by atoms with Crippen LogP contribution in [0.1, 0.15) is 23.2 Å². The molecule has 0 aliphatic rings. The van der Waals surface area contributed by atoms with Crippen LogP contribution < -0.4 is 10.6 Å². The fraction of sp³-hybridized carbons (Fsp3) is 0.444. The molecule has 0 aromatic carbocycles. The molecule has 1 heterocycles. The molecule has 0 saturated heterocycles. The van der Waals surface area contributed by atoms with E-state index in [0.717, 1.165) is 0 Å². The number of rotatable bonds is 4. The molecule has 15 heavy (non-hydrogen) atoms. The van der Waals surface area contributed by atoms with Crippen LogP contribution in [0.15, 0.2) is 10.6 Å². The lowest BCUT2D eigenvalue weighted by atomic mass is 10.3. The van der Waals surface area contributed by atoms with Gasteiger partial charge in [0.1, 0.15) is 5.76 Å². The summed E-state index contributed by atoms with van der Waals surface area (Å²) in [4.78, 5) is 21.9. The molecule has 0 spiro atoms. The maximum atomic E-state index is 11.4. The predicted molar refractivity (Wildman–Crippen MR) is 52.3 cm³/mol. The van der Waals surface area contributed by atoms with E-state index in [1.165, 1.54) is 6.92 Å². The molecule has 1 aromatic rings. The number of nitrogens with one attached hydrogen (secondary N) is 2. The number of amides is 2. The maximum absolute atomic E-state index is 11.4. The summed E-state index contributed by atoms with van der Waals surface area (Å²) in [5.41, 5.74) is 0.246. The van der Waals surface area contributed by atoms with Gasteiger partial charge in [-0.05, 0) is 6.92 Å². The molecule has 2 amide bonds. The van der Waals surface area contributed by atoms with Crippen LogP contribution in [0.3, 0.4) is 0 Å². The van der Waals surface area contributed by atoms with E-state index in [4.69, 9.17) is 4.52 Å². The minimum atomic E-state index is -0.308. The summed E-state index contributed by atoms with van der Waals surface area (Å²) < 4.78 is 4.75. The van der Waals surface area contributed by atoms with Gasteiger partial charge in [0.05, 0.1) is 0 Å². The van der Waals surface area contributed by atoms with Crippen LogP contribution in [-0.4, -0.2) is 30.1 Å². The zero-order chi connectivity index (χ0) is 11.3. The molecule has 0 bridgehead atoms. The van der Waals surface area contributed by atoms with Crippen LogP contribution in [0.25, 0.3) is 0 Å². The Kier molecular flexibility index (Phi) is 3.84. The first-order valence-electron chi connectivity index (χ1n) is 4.55. The predicted octanol–water partition coefficient (Wildman–Crippen LogP) is -0.151. The third-order valence-corrected chi connectivity index (χ3v) is 1.65. The number of hydrogen-bond donors (Lipinski definition) is 2. The van der Waals surface area contributed by atoms with E-state index in [-0.39, 0.29) is 17.5 Å². The first kappa shape index (κ1) is 11.2. The molecule has 82 valence electrons. The van der Waals surface area contributed by atoms with E-state index in [1.807, 2.05) is 0 Å². The lowest BCUT2D eigenvalue weighted by molar-refractivity contribution is -0.118. The molecule has 1 aromatic heterocycles. The van der Waals surface area contributed by atoms with E-state index in [1.54, 1.807) is 13.0 Å². The highest BCUT2D eigenvalue weighted by atomic mass is 16.5. The number of carbonyl (C=O) groups excluding carboxylic acids is 2. The van der Waals surface area contributed by atoms with Crippen molar-refractivity contribution in [2.45, 2.75) is 13.8 Å². The Labute approximate surface area is 87.0 Å². The number of carbonyl (C=O) groups is 2. The summed E-state index contributed by atoms with van der Waals surface area (Å²) in [5.74, 6) is 0.153. The van der Waals surface area contributed by atoms with Crippen molar-refractivity contribution in [3.8, 4) is 0 Å². The topological polar surface area (TPSA) is 84.2 Å². The normalized spacial score (nSPS) is 9.73. The first-order chi connectivity index (χ1) is 7.09. The van der Waals surface area contributed by atoms with Crippen LogP contribution >= 0.6 is 0 Å². The second-order valence-electron chi connectivity index (χ2n) is 3.06. The van der Waals surface area contributed by atoms with Crippen LogP contribution in [0.4, 0.5) is 0 Å². The van der Waals surface area contributed by atoms with Gasteiger partial charge in [-0.2, -0.15) is 0 Å². The number of aryl methyl sites for hydroxylation is 1. The largest absolute Gasteiger partial charge is 0.361 e. The number of aromatic nitrogens is 1. The van der Waals surface area contributed by atoms with Crippen LogP contribution in [-0.2, 0) is 4.79 Å². The monoisotopic (exact) mass is 211 g/mol. The van der Waals surface area contributed by atoms with Gasteiger partial charge in [0, 0.05) is 26.1 Å². The molecule has 0 aliphatic carbocycles. The fourth-order valence-electron chi connectivity index (χ4n) is 0.979. The zero-order valence-corrected chi connectivity index (χ0v) is 8.66. The molecule has 0 fully saturated rings. The Morgan fingerprint density at radius 1 is 1.40 bits per heavy atom. The molecule has 1 rings (SSSR count). The van der Waals surface area contributed by atoms with Gasteiger partial charge in [0.2, 0.25) is 5.91 Å². The average molecular weight is 211 g/mol. The van der Waals surface area contributed by atoms with Gasteiger partial charge < -0.3 is 15.2 Å². The summed E-state index contributed by atoms with van der Waals surface area (Å²) in [7, 11) is 0. The molecular formula is C9H13N3O3. The lowest BCUT2D eigenvalue weighted by Gasteiger charge is -2.02. The van der Waals surface area contributed by atoms with Crippen molar-refractivity contribution in [3.63, 3.8) is 0 Å². The van der Waals surface area contributed by atoms with Crippen molar-refractivity contribution < 1.29 is 14.1 Å². The first-order valence-corrected chi connectivity index (χ1v) is 4.55. The quantitative estimate of drug-likeness (QED) is 0.678. The highest BCUT2D eigenvalue weighted by molar-refractivity contribution is 5.92. The lowest BCUT2D eigenvalue weighted by Crippen LogP contribution is -2.33. The van der Waals surface area contributed by atoms with Crippen molar-refractivity contribution in [1.82, 2.24) is 15.8 Å². The summed E-state index contributed by atoms with van der Waals surface area (Å²) >= 11 is 0. The minimum Gasteiger partial charge on any atom is -0.361 e. The minimum absolute atomic E-state index is 0.124. The Morgan fingerprint density at radius 2 is 2.07 bits per heavy atom. The van der Waals surface area contributed by atoms with Crippen LogP contribution in [0, 0.1) is 6.92 Å². The van der Waals surface area contributed by atoms with Gasteiger partial charge in [-0.15, -0.1) is 0 Å². The highest BCUT2D eigenvalue weighted by Crippen LogP contribution is 2.00. The molecule has 0 atom stereocenters. The van der Waals surface area contributed by atoms with Gasteiger partial charge in [0.25, 0.3) is 5.91 Å². The van der Waals surface area contributed by atoms with E-state index < -0.39 is 0 Å². The van der Waals surface area contributed by atoms with Crippen molar-refractivity contribution in [2.75, 3.05) is 13.1 Å². The summed E-state index contributed by atoms with van der Waals surface area (Å²) in [6.45, 7) is 3.89. The Balaban J connectivity index is 2.28.